The molecule has 0 fully saturated rings. The molecular formula is C15H19ClN4O. The maximum atomic E-state index is 10.2. The second-order valence-corrected chi connectivity index (χ2v) is 5.85. The van der Waals surface area contributed by atoms with Gasteiger partial charge >= 0.3 is 0 Å². The Morgan fingerprint density at radius 3 is 3.10 bits per heavy atom. The normalized spacial score (nSPS) is 19.3. The minimum Gasteiger partial charge on any atom is -0.387 e. The second-order valence-electron chi connectivity index (χ2n) is 5.44. The summed E-state index contributed by atoms with van der Waals surface area (Å²) in [5.74, 6) is 1.87. The number of rotatable bonds is 4. The molecule has 0 spiro atoms. The zero-order chi connectivity index (χ0) is 14.8. The molecule has 0 amide bonds. The molecule has 6 heteroatoms. The third kappa shape index (κ3) is 3.26. The Kier molecular flexibility index (Phi) is 4.24. The Bertz CT molecular complexity index is 628. The lowest BCUT2D eigenvalue weighted by atomic mass is 10.1. The van der Waals surface area contributed by atoms with Gasteiger partial charge in [0.05, 0.1) is 12.6 Å². The molecule has 2 aromatic rings. The van der Waals surface area contributed by atoms with Crippen molar-refractivity contribution in [3.8, 4) is 0 Å². The molecule has 112 valence electrons. The standard InChI is InChI=1S/C15H19ClN4O/c1-10-18-15-7-6-11(9-20(15)19-10)17-8-14(21)12-4-2-3-5-13(12)16/h2-5,11,14,17,21H,6-9H2,1H3/t11-,14+/m0/s1. The predicted molar refractivity (Wildman–Crippen MR) is 81.3 cm³/mol. The van der Waals surface area contributed by atoms with E-state index in [-0.39, 0.29) is 0 Å². The van der Waals surface area contributed by atoms with Crippen molar-refractivity contribution in [3.63, 3.8) is 0 Å². The highest BCUT2D eigenvalue weighted by Crippen LogP contribution is 2.22. The summed E-state index contributed by atoms with van der Waals surface area (Å²) in [7, 11) is 0. The highest BCUT2D eigenvalue weighted by molar-refractivity contribution is 6.31. The first-order chi connectivity index (χ1) is 10.1. The number of hydrogen-bond acceptors (Lipinski definition) is 4. The molecule has 0 saturated carbocycles. The predicted octanol–water partition coefficient (Wildman–Crippen LogP) is 1.88. The Hall–Kier alpha value is -1.43. The Balaban J connectivity index is 1.58. The molecule has 0 radical (unpaired) electrons. The summed E-state index contributed by atoms with van der Waals surface area (Å²) >= 11 is 6.10. The minimum atomic E-state index is -0.599. The molecule has 3 rings (SSSR count). The summed E-state index contributed by atoms with van der Waals surface area (Å²) in [5, 5.41) is 18.6. The number of halogens is 1. The van der Waals surface area contributed by atoms with Gasteiger partial charge in [0.15, 0.2) is 0 Å². The third-order valence-corrected chi connectivity index (χ3v) is 4.17. The van der Waals surface area contributed by atoms with Crippen LogP contribution in [-0.2, 0) is 13.0 Å². The number of hydrogen-bond donors (Lipinski definition) is 2. The van der Waals surface area contributed by atoms with Gasteiger partial charge in [-0.15, -0.1) is 0 Å². The van der Waals surface area contributed by atoms with Crippen LogP contribution in [0, 0.1) is 6.92 Å². The zero-order valence-electron chi connectivity index (χ0n) is 12.0. The first-order valence-corrected chi connectivity index (χ1v) is 7.57. The van der Waals surface area contributed by atoms with Crippen LogP contribution < -0.4 is 5.32 Å². The lowest BCUT2D eigenvalue weighted by Gasteiger charge is -2.25. The zero-order valence-corrected chi connectivity index (χ0v) is 12.7. The molecule has 1 aliphatic rings. The summed E-state index contributed by atoms with van der Waals surface area (Å²) in [6.07, 6.45) is 1.33. The van der Waals surface area contributed by atoms with Gasteiger partial charge in [0.2, 0.25) is 0 Å². The van der Waals surface area contributed by atoms with Crippen molar-refractivity contribution in [2.24, 2.45) is 0 Å². The molecular weight excluding hydrogens is 288 g/mol. The molecule has 2 atom stereocenters. The first kappa shape index (κ1) is 14.5. The van der Waals surface area contributed by atoms with E-state index in [1.807, 2.05) is 29.8 Å². The van der Waals surface area contributed by atoms with E-state index in [1.165, 1.54) is 0 Å². The van der Waals surface area contributed by atoms with Crippen molar-refractivity contribution >= 4 is 11.6 Å². The maximum absolute atomic E-state index is 10.2. The van der Waals surface area contributed by atoms with Crippen LogP contribution in [-0.4, -0.2) is 32.5 Å². The van der Waals surface area contributed by atoms with E-state index in [9.17, 15) is 5.11 Å². The van der Waals surface area contributed by atoms with Gasteiger partial charge in [-0.1, -0.05) is 29.8 Å². The van der Waals surface area contributed by atoms with E-state index in [4.69, 9.17) is 11.6 Å². The summed E-state index contributed by atoms with van der Waals surface area (Å²) < 4.78 is 1.96. The lowest BCUT2D eigenvalue weighted by Crippen LogP contribution is -2.39. The molecule has 1 aromatic heterocycles. The van der Waals surface area contributed by atoms with E-state index < -0.39 is 6.10 Å². The summed E-state index contributed by atoms with van der Waals surface area (Å²) in [5.41, 5.74) is 0.764. The molecule has 1 aliphatic heterocycles. The summed E-state index contributed by atoms with van der Waals surface area (Å²) in [6, 6.07) is 7.70. The number of benzene rings is 1. The Labute approximate surface area is 129 Å². The highest BCUT2D eigenvalue weighted by atomic mass is 35.5. The first-order valence-electron chi connectivity index (χ1n) is 7.19. The molecule has 0 saturated heterocycles. The second kappa shape index (κ2) is 6.13. The number of fused-ring (bicyclic) bond motifs is 1. The Morgan fingerprint density at radius 1 is 1.48 bits per heavy atom. The fourth-order valence-electron chi connectivity index (χ4n) is 2.73. The van der Waals surface area contributed by atoms with E-state index >= 15 is 0 Å². The monoisotopic (exact) mass is 306 g/mol. The summed E-state index contributed by atoms with van der Waals surface area (Å²) in [6.45, 7) is 3.19. The van der Waals surface area contributed by atoms with Crippen LogP contribution in [0.5, 0.6) is 0 Å². The van der Waals surface area contributed by atoms with Crippen LogP contribution >= 0.6 is 11.6 Å². The average molecular weight is 307 g/mol. The Morgan fingerprint density at radius 2 is 2.29 bits per heavy atom. The van der Waals surface area contributed by atoms with E-state index in [0.29, 0.717) is 17.6 Å². The molecule has 0 unspecified atom stereocenters. The molecule has 0 bridgehead atoms. The molecule has 5 nitrogen and oxygen atoms in total. The lowest BCUT2D eigenvalue weighted by molar-refractivity contribution is 0.165. The van der Waals surface area contributed by atoms with Gasteiger partial charge in [0.25, 0.3) is 0 Å². The highest BCUT2D eigenvalue weighted by Gasteiger charge is 2.21. The molecule has 0 aliphatic carbocycles. The topological polar surface area (TPSA) is 63.0 Å². The van der Waals surface area contributed by atoms with Crippen LogP contribution in [0.2, 0.25) is 5.02 Å². The number of aromatic nitrogens is 3. The summed E-state index contributed by atoms with van der Waals surface area (Å²) in [4.78, 5) is 4.40. The number of nitrogens with one attached hydrogen (secondary N) is 1. The van der Waals surface area contributed by atoms with Gasteiger partial charge in [-0.3, -0.25) is 0 Å². The van der Waals surface area contributed by atoms with Crippen molar-refractivity contribution in [1.82, 2.24) is 20.1 Å². The fraction of sp³-hybridized carbons (Fsp3) is 0.467. The van der Waals surface area contributed by atoms with Gasteiger partial charge in [-0.25, -0.2) is 9.67 Å². The van der Waals surface area contributed by atoms with Gasteiger partial charge in [0.1, 0.15) is 11.6 Å². The fourth-order valence-corrected chi connectivity index (χ4v) is 3.00. The van der Waals surface area contributed by atoms with Gasteiger partial charge < -0.3 is 10.4 Å². The van der Waals surface area contributed by atoms with Crippen LogP contribution in [0.4, 0.5) is 0 Å². The quantitative estimate of drug-likeness (QED) is 0.905. The van der Waals surface area contributed by atoms with Gasteiger partial charge in [-0.05, 0) is 19.4 Å². The maximum Gasteiger partial charge on any atom is 0.147 e. The number of aliphatic hydroxyl groups is 1. The average Bonchev–Trinajstić information content (AvgIpc) is 2.84. The smallest absolute Gasteiger partial charge is 0.147 e. The van der Waals surface area contributed by atoms with E-state index in [0.717, 1.165) is 36.6 Å². The van der Waals surface area contributed by atoms with Crippen molar-refractivity contribution in [1.29, 1.82) is 0 Å². The molecule has 21 heavy (non-hydrogen) atoms. The van der Waals surface area contributed by atoms with Crippen molar-refractivity contribution in [2.45, 2.75) is 38.5 Å². The van der Waals surface area contributed by atoms with Crippen LogP contribution in [0.1, 0.15) is 29.7 Å². The number of nitrogens with zero attached hydrogens (tertiary/aromatic N) is 3. The van der Waals surface area contributed by atoms with Crippen molar-refractivity contribution in [3.05, 3.63) is 46.5 Å². The van der Waals surface area contributed by atoms with E-state index in [1.54, 1.807) is 6.07 Å². The minimum absolute atomic E-state index is 0.302. The van der Waals surface area contributed by atoms with Crippen molar-refractivity contribution < 1.29 is 5.11 Å². The van der Waals surface area contributed by atoms with Crippen LogP contribution in [0.25, 0.3) is 0 Å². The van der Waals surface area contributed by atoms with E-state index in [2.05, 4.69) is 15.4 Å². The van der Waals surface area contributed by atoms with Gasteiger partial charge in [0, 0.05) is 29.6 Å². The number of aryl methyl sites for hydroxylation is 2. The molecule has 1 aromatic carbocycles. The third-order valence-electron chi connectivity index (χ3n) is 3.83. The SMILES string of the molecule is Cc1nc2n(n1)C[C@@H](NC[C@@H](O)c1ccccc1Cl)CC2. The number of aliphatic hydroxyl groups excluding tert-OH is 1. The molecule has 2 N–H and O–H groups in total. The van der Waals surface area contributed by atoms with Gasteiger partial charge in [-0.2, -0.15) is 5.10 Å². The van der Waals surface area contributed by atoms with Crippen LogP contribution in [0.15, 0.2) is 24.3 Å². The largest absolute Gasteiger partial charge is 0.387 e. The molecule has 2 heterocycles. The van der Waals surface area contributed by atoms with Crippen molar-refractivity contribution in [2.75, 3.05) is 6.54 Å². The van der Waals surface area contributed by atoms with Crippen LogP contribution in [0.3, 0.4) is 0 Å².